The van der Waals surface area contributed by atoms with Gasteiger partial charge in [-0.1, -0.05) is 72.8 Å². The SMILES string of the molecule is COc1cccc(C=C2SC(=NCc3ccccc3)N(Cc3ccccc3)C2=O)c1O. The topological polar surface area (TPSA) is 62.1 Å². The summed E-state index contributed by atoms with van der Waals surface area (Å²) in [6.45, 7) is 0.918. The van der Waals surface area contributed by atoms with Crippen LogP contribution in [0.2, 0.25) is 0 Å². The second-order valence-electron chi connectivity index (χ2n) is 6.97. The van der Waals surface area contributed by atoms with E-state index in [4.69, 9.17) is 9.73 Å². The number of amidine groups is 1. The first-order valence-corrected chi connectivity index (χ1v) is 10.7. The van der Waals surface area contributed by atoms with Crippen LogP contribution in [0.25, 0.3) is 6.08 Å². The maximum atomic E-state index is 13.2. The Morgan fingerprint density at radius 1 is 0.968 bits per heavy atom. The van der Waals surface area contributed by atoms with Gasteiger partial charge in [-0.2, -0.15) is 0 Å². The van der Waals surface area contributed by atoms with Gasteiger partial charge < -0.3 is 9.84 Å². The summed E-state index contributed by atoms with van der Waals surface area (Å²) in [7, 11) is 1.50. The molecule has 0 bridgehead atoms. The molecule has 3 aromatic carbocycles. The monoisotopic (exact) mass is 430 g/mol. The maximum absolute atomic E-state index is 13.2. The molecule has 0 aromatic heterocycles. The van der Waals surface area contributed by atoms with E-state index in [2.05, 4.69) is 0 Å². The molecule has 1 N–H and O–H groups in total. The Kier molecular flexibility index (Phi) is 6.38. The minimum atomic E-state index is -0.136. The highest BCUT2D eigenvalue weighted by molar-refractivity contribution is 8.18. The lowest BCUT2D eigenvalue weighted by molar-refractivity contribution is -0.122. The molecule has 0 atom stereocenters. The minimum absolute atomic E-state index is 0.00943. The first-order chi connectivity index (χ1) is 15.2. The fourth-order valence-corrected chi connectivity index (χ4v) is 4.20. The molecule has 0 radical (unpaired) electrons. The third-order valence-corrected chi connectivity index (χ3v) is 5.89. The van der Waals surface area contributed by atoms with Crippen molar-refractivity contribution in [1.29, 1.82) is 0 Å². The number of aliphatic imine (C=N–C) groups is 1. The number of hydrogen-bond donors (Lipinski definition) is 1. The first kappa shape index (κ1) is 20.8. The minimum Gasteiger partial charge on any atom is -0.504 e. The van der Waals surface area contributed by atoms with Gasteiger partial charge in [0.1, 0.15) is 0 Å². The van der Waals surface area contributed by atoms with E-state index in [1.807, 2.05) is 60.7 Å². The van der Waals surface area contributed by atoms with Crippen LogP contribution in [0.5, 0.6) is 11.5 Å². The molecule has 0 unspecified atom stereocenters. The van der Waals surface area contributed by atoms with Gasteiger partial charge in [-0.05, 0) is 35.0 Å². The third-order valence-electron chi connectivity index (χ3n) is 4.85. The van der Waals surface area contributed by atoms with Gasteiger partial charge >= 0.3 is 0 Å². The molecule has 1 aliphatic rings. The summed E-state index contributed by atoms with van der Waals surface area (Å²) >= 11 is 1.32. The zero-order chi connectivity index (χ0) is 21.6. The van der Waals surface area contributed by atoms with E-state index in [1.165, 1.54) is 18.9 Å². The van der Waals surface area contributed by atoms with Crippen molar-refractivity contribution in [2.75, 3.05) is 7.11 Å². The lowest BCUT2D eigenvalue weighted by Gasteiger charge is -2.15. The Morgan fingerprint density at radius 2 is 1.65 bits per heavy atom. The van der Waals surface area contributed by atoms with Crippen molar-refractivity contribution in [2.45, 2.75) is 13.1 Å². The van der Waals surface area contributed by atoms with Crippen molar-refractivity contribution in [2.24, 2.45) is 4.99 Å². The lowest BCUT2D eigenvalue weighted by atomic mass is 10.1. The largest absolute Gasteiger partial charge is 0.504 e. The van der Waals surface area contributed by atoms with Crippen LogP contribution in [0, 0.1) is 0 Å². The predicted octanol–water partition coefficient (Wildman–Crippen LogP) is 5.07. The Bertz CT molecular complexity index is 1130. The number of ether oxygens (including phenoxy) is 1. The summed E-state index contributed by atoms with van der Waals surface area (Å²) in [5, 5.41) is 11.1. The van der Waals surface area contributed by atoms with E-state index < -0.39 is 0 Å². The van der Waals surface area contributed by atoms with Gasteiger partial charge in [0.05, 0.1) is 25.1 Å². The van der Waals surface area contributed by atoms with Crippen LogP contribution in [0.15, 0.2) is 88.8 Å². The summed E-state index contributed by atoms with van der Waals surface area (Å²) in [5.74, 6) is 0.238. The molecular weight excluding hydrogens is 408 g/mol. The van der Waals surface area contributed by atoms with Crippen molar-refractivity contribution in [3.05, 3.63) is 100 Å². The highest BCUT2D eigenvalue weighted by atomic mass is 32.2. The number of thioether (sulfide) groups is 1. The Morgan fingerprint density at radius 3 is 2.32 bits per heavy atom. The van der Waals surface area contributed by atoms with E-state index >= 15 is 0 Å². The number of carbonyl (C=O) groups excluding carboxylic acids is 1. The number of benzene rings is 3. The molecule has 1 heterocycles. The van der Waals surface area contributed by atoms with E-state index in [0.29, 0.717) is 34.5 Å². The van der Waals surface area contributed by atoms with E-state index in [-0.39, 0.29) is 11.7 Å². The fraction of sp³-hybridized carbons (Fsp3) is 0.120. The standard InChI is InChI=1S/C25H22N2O3S/c1-30-21-14-8-13-20(23(21)28)15-22-24(29)27(17-19-11-6-3-7-12-19)25(31-22)26-16-18-9-4-2-5-10-18/h2-15,28H,16-17H2,1H3. The summed E-state index contributed by atoms with van der Waals surface area (Å²) < 4.78 is 5.18. The van der Waals surface area contributed by atoms with E-state index in [1.54, 1.807) is 29.2 Å². The van der Waals surface area contributed by atoms with Gasteiger partial charge in [-0.15, -0.1) is 0 Å². The Balaban J connectivity index is 1.66. The molecule has 3 aromatic rings. The number of carbonyl (C=O) groups is 1. The molecule has 1 saturated heterocycles. The number of aromatic hydroxyl groups is 1. The average Bonchev–Trinajstić information content (AvgIpc) is 3.09. The molecule has 156 valence electrons. The fourth-order valence-electron chi connectivity index (χ4n) is 3.24. The molecule has 1 fully saturated rings. The summed E-state index contributed by atoms with van der Waals surface area (Å²) in [6.07, 6.45) is 1.69. The Labute approximate surface area is 185 Å². The van der Waals surface area contributed by atoms with Crippen LogP contribution in [0.4, 0.5) is 0 Å². The van der Waals surface area contributed by atoms with Crippen LogP contribution in [-0.2, 0) is 17.9 Å². The zero-order valence-corrected chi connectivity index (χ0v) is 17.9. The van der Waals surface area contributed by atoms with Crippen LogP contribution < -0.4 is 4.74 Å². The number of methoxy groups -OCH3 is 1. The maximum Gasteiger partial charge on any atom is 0.267 e. The average molecular weight is 431 g/mol. The molecule has 1 aliphatic heterocycles. The molecule has 1 amide bonds. The molecule has 5 nitrogen and oxygen atoms in total. The summed E-state index contributed by atoms with van der Waals surface area (Å²) in [5.41, 5.74) is 2.62. The van der Waals surface area contributed by atoms with E-state index in [0.717, 1.165) is 11.1 Å². The quantitative estimate of drug-likeness (QED) is 0.555. The smallest absolute Gasteiger partial charge is 0.267 e. The number of rotatable bonds is 6. The van der Waals surface area contributed by atoms with E-state index in [9.17, 15) is 9.90 Å². The van der Waals surface area contributed by atoms with Crippen molar-refractivity contribution in [3.8, 4) is 11.5 Å². The number of amides is 1. The molecule has 0 aliphatic carbocycles. The molecule has 0 saturated carbocycles. The number of phenols is 1. The molecule has 4 rings (SSSR count). The van der Waals surface area contributed by atoms with Gasteiger partial charge in [-0.25, -0.2) is 0 Å². The van der Waals surface area contributed by atoms with Crippen molar-refractivity contribution < 1.29 is 14.6 Å². The number of hydrogen-bond acceptors (Lipinski definition) is 5. The second kappa shape index (κ2) is 9.53. The van der Waals surface area contributed by atoms with Gasteiger partial charge in [-0.3, -0.25) is 14.7 Å². The summed E-state index contributed by atoms with van der Waals surface area (Å²) in [4.78, 5) is 20.2. The second-order valence-corrected chi connectivity index (χ2v) is 7.98. The summed E-state index contributed by atoms with van der Waals surface area (Å²) in [6, 6.07) is 25.0. The Hall–Kier alpha value is -3.51. The third kappa shape index (κ3) is 4.81. The first-order valence-electron chi connectivity index (χ1n) is 9.85. The molecular formula is C25H22N2O3S. The number of phenolic OH excluding ortho intramolecular Hbond substituents is 1. The normalized spacial score (nSPS) is 16.3. The van der Waals surface area contributed by atoms with Gasteiger partial charge in [0.2, 0.25) is 0 Å². The number of nitrogens with zero attached hydrogens (tertiary/aromatic N) is 2. The van der Waals surface area contributed by atoms with Gasteiger partial charge in [0.15, 0.2) is 16.7 Å². The van der Waals surface area contributed by atoms with Crippen molar-refractivity contribution >= 4 is 28.9 Å². The van der Waals surface area contributed by atoms with Crippen LogP contribution in [0.1, 0.15) is 16.7 Å². The van der Waals surface area contributed by atoms with Gasteiger partial charge in [0.25, 0.3) is 5.91 Å². The zero-order valence-electron chi connectivity index (χ0n) is 17.1. The van der Waals surface area contributed by atoms with Crippen molar-refractivity contribution in [3.63, 3.8) is 0 Å². The van der Waals surface area contributed by atoms with Crippen molar-refractivity contribution in [1.82, 2.24) is 4.90 Å². The van der Waals surface area contributed by atoms with Crippen LogP contribution >= 0.6 is 11.8 Å². The van der Waals surface area contributed by atoms with Crippen LogP contribution in [-0.4, -0.2) is 28.2 Å². The molecule has 31 heavy (non-hydrogen) atoms. The highest BCUT2D eigenvalue weighted by Crippen LogP contribution is 2.37. The number of para-hydroxylation sites is 1. The lowest BCUT2D eigenvalue weighted by Crippen LogP contribution is -2.28. The predicted molar refractivity (Wildman–Crippen MR) is 125 cm³/mol. The van der Waals surface area contributed by atoms with Crippen LogP contribution in [0.3, 0.4) is 0 Å². The molecule has 6 heteroatoms. The van der Waals surface area contributed by atoms with Gasteiger partial charge in [0, 0.05) is 5.56 Å². The molecule has 0 spiro atoms. The highest BCUT2D eigenvalue weighted by Gasteiger charge is 2.33.